The van der Waals surface area contributed by atoms with Crippen LogP contribution in [0.15, 0.2) is 42.5 Å². The molecule has 2 aromatic rings. The lowest BCUT2D eigenvalue weighted by Gasteiger charge is -2.35. The summed E-state index contributed by atoms with van der Waals surface area (Å²) in [6.07, 6.45) is -0.439. The quantitative estimate of drug-likeness (QED) is 0.940. The fraction of sp³-hybridized carbons (Fsp3) is 0.176. The van der Waals surface area contributed by atoms with Gasteiger partial charge < -0.3 is 14.7 Å². The van der Waals surface area contributed by atoms with Gasteiger partial charge in [0, 0.05) is 23.7 Å². The number of nitrogens with zero attached hydrogens (tertiary/aromatic N) is 2. The molecule has 1 N–H and O–H groups in total. The molecule has 1 heterocycles. The molecular formula is C17H13ClN2O3. The summed E-state index contributed by atoms with van der Waals surface area (Å²) in [6.45, 7) is 0.694. The van der Waals surface area contributed by atoms with Crippen LogP contribution in [0.1, 0.15) is 15.9 Å². The van der Waals surface area contributed by atoms with Crippen molar-refractivity contribution in [3.8, 4) is 17.6 Å². The summed E-state index contributed by atoms with van der Waals surface area (Å²) in [7, 11) is 0. The van der Waals surface area contributed by atoms with E-state index in [0.29, 0.717) is 40.7 Å². The molecule has 1 saturated heterocycles. The van der Waals surface area contributed by atoms with Crippen molar-refractivity contribution in [3.05, 3.63) is 58.6 Å². The molecule has 0 bridgehead atoms. The number of rotatable bonds is 3. The van der Waals surface area contributed by atoms with Crippen molar-refractivity contribution in [1.29, 1.82) is 5.26 Å². The second-order valence-electron chi connectivity index (χ2n) is 5.25. The number of aliphatic hydroxyl groups excluding tert-OH is 1. The molecule has 5 nitrogen and oxygen atoms in total. The Hall–Kier alpha value is -2.55. The maximum Gasteiger partial charge on any atom is 0.254 e. The van der Waals surface area contributed by atoms with E-state index in [1.807, 2.05) is 6.07 Å². The van der Waals surface area contributed by atoms with Gasteiger partial charge in [-0.1, -0.05) is 17.7 Å². The van der Waals surface area contributed by atoms with E-state index in [4.69, 9.17) is 21.6 Å². The highest BCUT2D eigenvalue weighted by molar-refractivity contribution is 6.30. The minimum absolute atomic E-state index is 0.155. The molecule has 3 rings (SSSR count). The van der Waals surface area contributed by atoms with E-state index >= 15 is 0 Å². The number of ether oxygens (including phenoxy) is 1. The van der Waals surface area contributed by atoms with Crippen LogP contribution >= 0.6 is 11.6 Å². The first-order valence-electron chi connectivity index (χ1n) is 7.02. The van der Waals surface area contributed by atoms with Crippen LogP contribution < -0.4 is 4.74 Å². The maximum atomic E-state index is 12.2. The van der Waals surface area contributed by atoms with Crippen LogP contribution in [0.3, 0.4) is 0 Å². The summed E-state index contributed by atoms with van der Waals surface area (Å²) in [4.78, 5) is 13.8. The van der Waals surface area contributed by atoms with E-state index in [2.05, 4.69) is 0 Å². The first-order valence-corrected chi connectivity index (χ1v) is 7.39. The van der Waals surface area contributed by atoms with Crippen LogP contribution in [0, 0.1) is 11.3 Å². The second-order valence-corrected chi connectivity index (χ2v) is 5.68. The monoisotopic (exact) mass is 328 g/mol. The SMILES string of the molecule is N#Cc1cc(Cl)ccc1Oc1cccc(C(=O)N2CC(O)C2)c1. The molecule has 6 heteroatoms. The Kier molecular flexibility index (Phi) is 4.20. The average molecular weight is 329 g/mol. The summed E-state index contributed by atoms with van der Waals surface area (Å²) >= 11 is 5.86. The Balaban J connectivity index is 1.81. The minimum Gasteiger partial charge on any atom is -0.456 e. The van der Waals surface area contributed by atoms with Gasteiger partial charge in [0.1, 0.15) is 17.6 Å². The topological polar surface area (TPSA) is 73.6 Å². The van der Waals surface area contributed by atoms with Crippen molar-refractivity contribution in [2.24, 2.45) is 0 Å². The highest BCUT2D eigenvalue weighted by Crippen LogP contribution is 2.28. The van der Waals surface area contributed by atoms with Crippen molar-refractivity contribution < 1.29 is 14.6 Å². The standard InChI is InChI=1S/C17H13ClN2O3/c18-13-4-5-16(12(6-13)8-19)23-15-3-1-2-11(7-15)17(22)20-9-14(21)10-20/h1-7,14,21H,9-10H2. The van der Waals surface area contributed by atoms with Crippen molar-refractivity contribution in [2.45, 2.75) is 6.10 Å². The van der Waals surface area contributed by atoms with Crippen LogP contribution in [0.25, 0.3) is 0 Å². The van der Waals surface area contributed by atoms with E-state index in [1.54, 1.807) is 41.3 Å². The van der Waals surface area contributed by atoms with Gasteiger partial charge in [-0.05, 0) is 36.4 Å². The lowest BCUT2D eigenvalue weighted by molar-refractivity contribution is 0.00588. The minimum atomic E-state index is -0.439. The predicted octanol–water partition coefficient (Wildman–Crippen LogP) is 2.82. The van der Waals surface area contributed by atoms with Gasteiger partial charge in [-0.3, -0.25) is 4.79 Å². The molecule has 1 fully saturated rings. The molecule has 0 unspecified atom stereocenters. The normalized spacial score (nSPS) is 14.0. The Bertz CT molecular complexity index is 795. The third-order valence-corrected chi connectivity index (χ3v) is 3.76. The number of likely N-dealkylation sites (tertiary alicyclic amines) is 1. The number of benzene rings is 2. The van der Waals surface area contributed by atoms with Gasteiger partial charge in [-0.2, -0.15) is 5.26 Å². The van der Waals surface area contributed by atoms with Crippen LogP contribution in [-0.2, 0) is 0 Å². The lowest BCUT2D eigenvalue weighted by Crippen LogP contribution is -2.53. The molecule has 1 amide bonds. The van der Waals surface area contributed by atoms with E-state index < -0.39 is 6.10 Å². The van der Waals surface area contributed by atoms with E-state index in [9.17, 15) is 9.90 Å². The molecule has 0 aromatic heterocycles. The molecule has 23 heavy (non-hydrogen) atoms. The molecule has 1 aliphatic rings. The first kappa shape index (κ1) is 15.3. The number of halogens is 1. The highest BCUT2D eigenvalue weighted by Gasteiger charge is 2.29. The Labute approximate surface area is 138 Å². The number of aliphatic hydroxyl groups is 1. The van der Waals surface area contributed by atoms with Gasteiger partial charge in [-0.15, -0.1) is 0 Å². The fourth-order valence-electron chi connectivity index (χ4n) is 2.30. The third-order valence-electron chi connectivity index (χ3n) is 3.52. The largest absolute Gasteiger partial charge is 0.456 e. The van der Waals surface area contributed by atoms with Crippen LogP contribution in [0.2, 0.25) is 5.02 Å². The molecule has 0 saturated carbocycles. The van der Waals surface area contributed by atoms with Gasteiger partial charge in [0.05, 0.1) is 11.7 Å². The van der Waals surface area contributed by atoms with Crippen LogP contribution in [0.5, 0.6) is 11.5 Å². The maximum absolute atomic E-state index is 12.2. The summed E-state index contributed by atoms with van der Waals surface area (Å²) in [5.74, 6) is 0.675. The predicted molar refractivity (Wildman–Crippen MR) is 84.6 cm³/mol. The fourth-order valence-corrected chi connectivity index (χ4v) is 2.47. The van der Waals surface area contributed by atoms with Crippen molar-refractivity contribution in [2.75, 3.05) is 13.1 Å². The molecule has 0 radical (unpaired) electrons. The molecule has 0 aliphatic carbocycles. The number of hydrogen-bond acceptors (Lipinski definition) is 4. The number of nitriles is 1. The zero-order valence-corrected chi connectivity index (χ0v) is 12.8. The van der Waals surface area contributed by atoms with E-state index in [1.165, 1.54) is 6.07 Å². The van der Waals surface area contributed by atoms with Gasteiger partial charge in [0.15, 0.2) is 0 Å². The van der Waals surface area contributed by atoms with Crippen LogP contribution in [0.4, 0.5) is 0 Å². The van der Waals surface area contributed by atoms with Gasteiger partial charge in [0.2, 0.25) is 0 Å². The zero-order valence-electron chi connectivity index (χ0n) is 12.1. The number of hydrogen-bond donors (Lipinski definition) is 1. The van der Waals surface area contributed by atoms with Gasteiger partial charge >= 0.3 is 0 Å². The third kappa shape index (κ3) is 3.29. The molecule has 116 valence electrons. The number of β-amino-alcohol motifs (C(OH)–C–C–N with tert-alkyl or cyclic N) is 1. The average Bonchev–Trinajstić information content (AvgIpc) is 2.53. The zero-order chi connectivity index (χ0) is 16.4. The van der Waals surface area contributed by atoms with Crippen LogP contribution in [-0.4, -0.2) is 35.1 Å². The first-order chi connectivity index (χ1) is 11.1. The lowest BCUT2D eigenvalue weighted by atomic mass is 10.1. The smallest absolute Gasteiger partial charge is 0.254 e. The summed E-state index contributed by atoms with van der Waals surface area (Å²) < 4.78 is 5.70. The molecule has 0 atom stereocenters. The van der Waals surface area contributed by atoms with Crippen molar-refractivity contribution >= 4 is 17.5 Å². The highest BCUT2D eigenvalue weighted by atomic mass is 35.5. The number of carbonyl (C=O) groups is 1. The Morgan fingerprint density at radius 1 is 1.30 bits per heavy atom. The molecule has 1 aliphatic heterocycles. The molecule has 0 spiro atoms. The summed E-state index contributed by atoms with van der Waals surface area (Å²) in [5.41, 5.74) is 0.793. The summed E-state index contributed by atoms with van der Waals surface area (Å²) in [5, 5.41) is 18.9. The van der Waals surface area contributed by atoms with Gasteiger partial charge in [-0.25, -0.2) is 0 Å². The second kappa shape index (κ2) is 6.29. The number of amides is 1. The summed E-state index contributed by atoms with van der Waals surface area (Å²) in [6, 6.07) is 13.5. The van der Waals surface area contributed by atoms with Gasteiger partial charge in [0.25, 0.3) is 5.91 Å². The van der Waals surface area contributed by atoms with E-state index in [0.717, 1.165) is 0 Å². The number of carbonyl (C=O) groups excluding carboxylic acids is 1. The van der Waals surface area contributed by atoms with Crippen molar-refractivity contribution in [3.63, 3.8) is 0 Å². The Morgan fingerprint density at radius 2 is 2.09 bits per heavy atom. The Morgan fingerprint density at radius 3 is 2.78 bits per heavy atom. The van der Waals surface area contributed by atoms with E-state index in [-0.39, 0.29) is 5.91 Å². The molecule has 2 aromatic carbocycles. The van der Waals surface area contributed by atoms with Crippen molar-refractivity contribution in [1.82, 2.24) is 4.90 Å². The molecular weight excluding hydrogens is 316 g/mol.